The predicted octanol–water partition coefficient (Wildman–Crippen LogP) is 7.11. The van der Waals surface area contributed by atoms with Gasteiger partial charge in [-0.15, -0.1) is 0 Å². The molecule has 0 radical (unpaired) electrons. The fourth-order valence-corrected chi connectivity index (χ4v) is 8.89. The van der Waals surface area contributed by atoms with E-state index in [1.165, 1.54) is 25.3 Å². The Morgan fingerprint density at radius 3 is 2.57 bits per heavy atom. The molecule has 4 aliphatic carbocycles. The Hall–Kier alpha value is -1.46. The summed E-state index contributed by atoms with van der Waals surface area (Å²) in [6, 6.07) is 0. The molecule has 0 aromatic rings. The second-order valence-corrected chi connectivity index (χ2v) is 12.4. The predicted molar refractivity (Wildman–Crippen MR) is 131 cm³/mol. The number of halogens is 2. The Morgan fingerprint density at radius 1 is 1.14 bits per heavy atom. The van der Waals surface area contributed by atoms with Crippen molar-refractivity contribution in [3.8, 4) is 0 Å². The van der Waals surface area contributed by atoms with E-state index in [9.17, 15) is 18.4 Å². The Labute approximate surface area is 209 Å². The minimum atomic E-state index is -3.40. The molecule has 0 aromatic heterocycles. The lowest BCUT2D eigenvalue weighted by molar-refractivity contribution is -0.173. The number of hydrogen-bond acceptors (Lipinski definition) is 4. The third kappa shape index (κ3) is 4.80. The topological polar surface area (TPSA) is 52.6 Å². The number of hydrogen-bond donors (Lipinski definition) is 0. The van der Waals surface area contributed by atoms with Crippen LogP contribution in [0.1, 0.15) is 98.8 Å². The molecule has 3 saturated carbocycles. The third-order valence-electron chi connectivity index (χ3n) is 10.6. The molecule has 4 rings (SSSR count). The van der Waals surface area contributed by atoms with Crippen LogP contribution in [0.4, 0.5) is 8.78 Å². The Bertz CT molecular complexity index is 854. The average Bonchev–Trinajstić information content (AvgIpc) is 3.15. The monoisotopic (exact) mass is 494 g/mol. The number of allylic oxidation sites excluding steroid dienone is 1. The first-order valence-electron chi connectivity index (χ1n) is 13.8. The lowest BCUT2D eigenvalue weighted by Gasteiger charge is -2.58. The second kappa shape index (κ2) is 9.78. The lowest BCUT2D eigenvalue weighted by Crippen LogP contribution is -2.51. The Morgan fingerprint density at radius 2 is 1.89 bits per heavy atom. The van der Waals surface area contributed by atoms with Gasteiger partial charge in [-0.1, -0.05) is 32.4 Å². The largest absolute Gasteiger partial charge is 0.462 e. The van der Waals surface area contributed by atoms with Gasteiger partial charge in [0.05, 0.1) is 6.61 Å². The maximum Gasteiger partial charge on any atom is 0.376 e. The maximum atomic E-state index is 14.3. The van der Waals surface area contributed by atoms with E-state index in [0.29, 0.717) is 30.1 Å². The van der Waals surface area contributed by atoms with Crippen LogP contribution in [0, 0.1) is 40.4 Å². The molecule has 0 saturated heterocycles. The fourth-order valence-electron chi connectivity index (χ4n) is 8.89. The van der Waals surface area contributed by atoms with Crippen molar-refractivity contribution in [3.05, 3.63) is 11.6 Å². The number of ether oxygens (including phenoxy) is 2. The quantitative estimate of drug-likeness (QED) is 0.279. The molecular formula is C29H44F2O4. The van der Waals surface area contributed by atoms with Crippen LogP contribution in [0.25, 0.3) is 0 Å². The molecule has 6 heteroatoms. The molecule has 0 amide bonds. The minimum Gasteiger partial charge on any atom is -0.462 e. The smallest absolute Gasteiger partial charge is 0.376 e. The highest BCUT2D eigenvalue weighted by Gasteiger charge is 2.59. The normalized spacial score (nSPS) is 39.5. The van der Waals surface area contributed by atoms with Gasteiger partial charge in [0, 0.05) is 19.8 Å². The van der Waals surface area contributed by atoms with E-state index >= 15 is 0 Å². The van der Waals surface area contributed by atoms with E-state index in [-0.39, 0.29) is 35.4 Å². The van der Waals surface area contributed by atoms with E-state index in [2.05, 4.69) is 31.6 Å². The van der Waals surface area contributed by atoms with E-state index in [0.717, 1.165) is 38.5 Å². The van der Waals surface area contributed by atoms with Crippen molar-refractivity contribution in [2.24, 2.45) is 40.4 Å². The molecule has 0 aromatic carbocycles. The SMILES string of the molecule is CCOC(=O)C(F)(F)CC[C@@H](C)[C@H]1CC[C@H]2[C@@H]3CC=C4C[C@@H](OC(C)=O)CC[C@]4(C)[C@H]3CC[C@]12C. The van der Waals surface area contributed by atoms with Gasteiger partial charge in [-0.25, -0.2) is 4.79 Å². The summed E-state index contributed by atoms with van der Waals surface area (Å²) in [6.07, 6.45) is 11.0. The van der Waals surface area contributed by atoms with Crippen LogP contribution >= 0.6 is 0 Å². The first kappa shape index (κ1) is 26.6. The van der Waals surface area contributed by atoms with Crippen molar-refractivity contribution in [3.63, 3.8) is 0 Å². The fraction of sp³-hybridized carbons (Fsp3) is 0.862. The molecular weight excluding hydrogens is 450 g/mol. The van der Waals surface area contributed by atoms with Crippen molar-refractivity contribution >= 4 is 11.9 Å². The molecule has 4 aliphatic rings. The van der Waals surface area contributed by atoms with Crippen molar-refractivity contribution in [2.75, 3.05) is 6.61 Å². The summed E-state index contributed by atoms with van der Waals surface area (Å²) in [7, 11) is 0. The summed E-state index contributed by atoms with van der Waals surface area (Å²) < 4.78 is 38.7. The molecule has 0 bridgehead atoms. The number of carbonyl (C=O) groups is 2. The van der Waals surface area contributed by atoms with E-state index in [4.69, 9.17) is 4.74 Å². The molecule has 0 spiro atoms. The van der Waals surface area contributed by atoms with E-state index < -0.39 is 18.3 Å². The van der Waals surface area contributed by atoms with Crippen LogP contribution in [0.15, 0.2) is 11.6 Å². The molecule has 198 valence electrons. The third-order valence-corrected chi connectivity index (χ3v) is 10.6. The van der Waals surface area contributed by atoms with Gasteiger partial charge < -0.3 is 9.47 Å². The standard InChI is InChI=1S/C29H44F2O4/c1-6-34-26(33)29(30,31)16-11-18(2)23-9-10-24-22-8-7-20-17-21(35-19(3)32)12-14-27(20,4)25(22)13-15-28(23,24)5/h7,18,21-25H,6,8-17H2,1-5H3/t18-,21+,22+,23-,24+,25+,27+,28-/m1/s1. The number of fused-ring (bicyclic) bond motifs is 5. The van der Waals surface area contributed by atoms with Gasteiger partial charge in [0.15, 0.2) is 0 Å². The van der Waals surface area contributed by atoms with Crippen LogP contribution in [0.3, 0.4) is 0 Å². The summed E-state index contributed by atoms with van der Waals surface area (Å²) in [6.45, 7) is 10.0. The van der Waals surface area contributed by atoms with Crippen LogP contribution in [-0.4, -0.2) is 30.6 Å². The first-order chi connectivity index (χ1) is 16.4. The van der Waals surface area contributed by atoms with Crippen molar-refractivity contribution in [1.82, 2.24) is 0 Å². The van der Waals surface area contributed by atoms with Gasteiger partial charge in [-0.05, 0) is 98.7 Å². The second-order valence-electron chi connectivity index (χ2n) is 12.4. The minimum absolute atomic E-state index is 0.0154. The molecule has 0 aliphatic heterocycles. The number of alkyl halides is 2. The van der Waals surface area contributed by atoms with Gasteiger partial charge >= 0.3 is 17.9 Å². The summed E-state index contributed by atoms with van der Waals surface area (Å²) in [5, 5.41) is 0. The molecule has 0 N–H and O–H groups in total. The van der Waals surface area contributed by atoms with Gasteiger partial charge in [0.25, 0.3) is 0 Å². The van der Waals surface area contributed by atoms with Crippen LogP contribution in [0.5, 0.6) is 0 Å². The molecule has 0 heterocycles. The maximum absolute atomic E-state index is 14.3. The lowest BCUT2D eigenvalue weighted by atomic mass is 9.47. The summed E-state index contributed by atoms with van der Waals surface area (Å²) in [5.41, 5.74) is 1.85. The zero-order chi connectivity index (χ0) is 25.6. The average molecular weight is 495 g/mol. The van der Waals surface area contributed by atoms with Crippen molar-refractivity contribution < 1.29 is 27.8 Å². The van der Waals surface area contributed by atoms with Gasteiger partial charge in [-0.2, -0.15) is 8.78 Å². The van der Waals surface area contributed by atoms with E-state index in [1.54, 1.807) is 6.92 Å². The van der Waals surface area contributed by atoms with Crippen LogP contribution in [-0.2, 0) is 19.1 Å². The number of esters is 2. The van der Waals surface area contributed by atoms with Crippen molar-refractivity contribution in [2.45, 2.75) is 111 Å². The number of rotatable bonds is 7. The van der Waals surface area contributed by atoms with Gasteiger partial charge in [-0.3, -0.25) is 4.79 Å². The van der Waals surface area contributed by atoms with Gasteiger partial charge in [0.1, 0.15) is 6.10 Å². The summed E-state index contributed by atoms with van der Waals surface area (Å²) in [4.78, 5) is 23.1. The zero-order valence-electron chi connectivity index (χ0n) is 22.2. The number of carbonyl (C=O) groups excluding carboxylic acids is 2. The highest BCUT2D eigenvalue weighted by atomic mass is 19.3. The van der Waals surface area contributed by atoms with Crippen molar-refractivity contribution in [1.29, 1.82) is 0 Å². The zero-order valence-corrected chi connectivity index (χ0v) is 22.2. The first-order valence-corrected chi connectivity index (χ1v) is 13.8. The summed E-state index contributed by atoms with van der Waals surface area (Å²) in [5.74, 6) is -2.47. The Balaban J connectivity index is 1.44. The van der Waals surface area contributed by atoms with Crippen LogP contribution < -0.4 is 0 Å². The molecule has 4 nitrogen and oxygen atoms in total. The highest BCUT2D eigenvalue weighted by molar-refractivity contribution is 5.77. The molecule has 8 atom stereocenters. The highest BCUT2D eigenvalue weighted by Crippen LogP contribution is 2.67. The van der Waals surface area contributed by atoms with Crippen LogP contribution in [0.2, 0.25) is 0 Å². The summed E-state index contributed by atoms with van der Waals surface area (Å²) >= 11 is 0. The van der Waals surface area contributed by atoms with Gasteiger partial charge in [0.2, 0.25) is 0 Å². The Kier molecular flexibility index (Phi) is 7.43. The molecule has 35 heavy (non-hydrogen) atoms. The molecule has 3 fully saturated rings. The molecule has 0 unspecified atom stereocenters. The van der Waals surface area contributed by atoms with E-state index in [1.807, 2.05) is 0 Å².